The molecule has 0 bridgehead atoms. The van der Waals surface area contributed by atoms with Crippen LogP contribution in [0.1, 0.15) is 36.8 Å². The number of aromatic nitrogens is 2. The van der Waals surface area contributed by atoms with Gasteiger partial charge < -0.3 is 14.6 Å². The highest BCUT2D eigenvalue weighted by Crippen LogP contribution is 2.11. The molecule has 3 amide bonds. The first kappa shape index (κ1) is 21.1. The summed E-state index contributed by atoms with van der Waals surface area (Å²) >= 11 is 0. The Kier molecular flexibility index (Phi) is 6.86. The zero-order valence-electron chi connectivity index (χ0n) is 16.4. The number of esters is 1. The smallest absolute Gasteiger partial charge is 0.344 e. The predicted octanol–water partition coefficient (Wildman–Crippen LogP) is 1.36. The minimum absolute atomic E-state index is 0.197. The molecular formula is C19H24N4O5. The topological polar surface area (TPSA) is 119 Å². The van der Waals surface area contributed by atoms with E-state index in [1.54, 1.807) is 16.7 Å². The van der Waals surface area contributed by atoms with Gasteiger partial charge in [0.1, 0.15) is 11.2 Å². The van der Waals surface area contributed by atoms with Gasteiger partial charge in [-0.2, -0.15) is 0 Å². The molecule has 0 radical (unpaired) electrons. The van der Waals surface area contributed by atoms with Crippen LogP contribution in [0.5, 0.6) is 0 Å². The van der Waals surface area contributed by atoms with E-state index in [0.717, 1.165) is 5.69 Å². The minimum atomic E-state index is -0.938. The average Bonchev–Trinajstić information content (AvgIpc) is 2.64. The van der Waals surface area contributed by atoms with Crippen LogP contribution in [0.2, 0.25) is 0 Å². The number of hydrogen-bond donors (Lipinski definition) is 2. The van der Waals surface area contributed by atoms with Gasteiger partial charge in [0.15, 0.2) is 6.61 Å². The van der Waals surface area contributed by atoms with Crippen molar-refractivity contribution in [3.8, 4) is 0 Å². The lowest BCUT2D eigenvalue weighted by atomic mass is 10.2. The number of urea groups is 1. The van der Waals surface area contributed by atoms with Crippen molar-refractivity contribution in [3.05, 3.63) is 39.8 Å². The van der Waals surface area contributed by atoms with Crippen LogP contribution in [0.15, 0.2) is 23.1 Å². The number of rotatable bonds is 6. The molecule has 9 heteroatoms. The van der Waals surface area contributed by atoms with Gasteiger partial charge in [0.05, 0.1) is 5.39 Å². The monoisotopic (exact) mass is 388 g/mol. The predicted molar refractivity (Wildman–Crippen MR) is 103 cm³/mol. The number of carbonyl (C=O) groups excluding carboxylic acids is 3. The van der Waals surface area contributed by atoms with Crippen LogP contribution in [0, 0.1) is 12.8 Å². The molecule has 0 saturated heterocycles. The Morgan fingerprint density at radius 1 is 1.25 bits per heavy atom. The molecule has 2 rings (SSSR count). The fourth-order valence-electron chi connectivity index (χ4n) is 2.46. The molecule has 2 aromatic heterocycles. The van der Waals surface area contributed by atoms with Crippen molar-refractivity contribution in [2.45, 2.75) is 34.2 Å². The van der Waals surface area contributed by atoms with Crippen molar-refractivity contribution in [1.29, 1.82) is 0 Å². The summed E-state index contributed by atoms with van der Waals surface area (Å²) in [6, 6.07) is 2.62. The largest absolute Gasteiger partial charge is 0.452 e. The van der Waals surface area contributed by atoms with E-state index < -0.39 is 29.9 Å². The number of ether oxygens (including phenoxy) is 1. The maximum Gasteiger partial charge on any atom is 0.344 e. The standard InChI is InChI=1S/C19H24N4O5/c1-5-23-9-14(16(25)13-7-6-12(4)21-17(13)23)18(26)28-10-15(24)22-19(27)20-8-11(2)3/h6-7,9,11H,5,8,10H2,1-4H3,(H2,20,22,24,27). The van der Waals surface area contributed by atoms with E-state index in [9.17, 15) is 19.2 Å². The van der Waals surface area contributed by atoms with Gasteiger partial charge in [-0.05, 0) is 31.9 Å². The van der Waals surface area contributed by atoms with Gasteiger partial charge in [-0.25, -0.2) is 14.6 Å². The lowest BCUT2D eigenvalue weighted by molar-refractivity contribution is -0.123. The summed E-state index contributed by atoms with van der Waals surface area (Å²) < 4.78 is 6.57. The van der Waals surface area contributed by atoms with Gasteiger partial charge in [0.2, 0.25) is 5.43 Å². The molecular weight excluding hydrogens is 364 g/mol. The van der Waals surface area contributed by atoms with E-state index in [2.05, 4.69) is 15.6 Å². The van der Waals surface area contributed by atoms with Crippen molar-refractivity contribution in [1.82, 2.24) is 20.2 Å². The first-order valence-electron chi connectivity index (χ1n) is 8.98. The summed E-state index contributed by atoms with van der Waals surface area (Å²) in [5.41, 5.74) is 0.504. The van der Waals surface area contributed by atoms with Gasteiger partial charge in [-0.15, -0.1) is 0 Å². The van der Waals surface area contributed by atoms with Crippen molar-refractivity contribution in [2.75, 3.05) is 13.2 Å². The molecule has 0 fully saturated rings. The SMILES string of the molecule is CCn1cc(C(=O)OCC(=O)NC(=O)NCC(C)C)c(=O)c2ccc(C)nc21. The highest BCUT2D eigenvalue weighted by atomic mass is 16.5. The molecule has 28 heavy (non-hydrogen) atoms. The van der Waals surface area contributed by atoms with Crippen LogP contribution in [-0.4, -0.2) is 40.6 Å². The number of pyridine rings is 2. The summed E-state index contributed by atoms with van der Waals surface area (Å²) in [5.74, 6) is -1.50. The first-order chi connectivity index (χ1) is 13.2. The molecule has 150 valence electrons. The van der Waals surface area contributed by atoms with Gasteiger partial charge in [-0.3, -0.25) is 14.9 Å². The fraction of sp³-hybridized carbons (Fsp3) is 0.421. The van der Waals surface area contributed by atoms with E-state index in [4.69, 9.17) is 4.74 Å². The van der Waals surface area contributed by atoms with Crippen LogP contribution >= 0.6 is 0 Å². The number of imide groups is 1. The lowest BCUT2D eigenvalue weighted by Crippen LogP contribution is -2.42. The Bertz CT molecular complexity index is 965. The molecule has 0 aliphatic heterocycles. The number of aryl methyl sites for hydroxylation is 2. The third kappa shape index (κ3) is 5.15. The number of fused-ring (bicyclic) bond motifs is 1. The van der Waals surface area contributed by atoms with E-state index in [1.165, 1.54) is 6.20 Å². The number of carbonyl (C=O) groups is 3. The molecule has 0 aliphatic carbocycles. The summed E-state index contributed by atoms with van der Waals surface area (Å²) in [5, 5.41) is 4.86. The van der Waals surface area contributed by atoms with Crippen LogP contribution in [0.25, 0.3) is 11.0 Å². The Labute approximate surface area is 162 Å². The van der Waals surface area contributed by atoms with Crippen LogP contribution in [0.3, 0.4) is 0 Å². The Morgan fingerprint density at radius 3 is 2.61 bits per heavy atom. The van der Waals surface area contributed by atoms with Gasteiger partial charge in [0, 0.05) is 25.0 Å². The number of amides is 3. The maximum atomic E-state index is 12.6. The van der Waals surface area contributed by atoms with E-state index in [-0.39, 0.29) is 11.5 Å². The first-order valence-corrected chi connectivity index (χ1v) is 8.98. The second kappa shape index (κ2) is 9.12. The molecule has 0 aromatic carbocycles. The summed E-state index contributed by atoms with van der Waals surface area (Å²) in [6.45, 7) is 7.70. The molecule has 0 atom stereocenters. The fourth-order valence-corrected chi connectivity index (χ4v) is 2.46. The van der Waals surface area contributed by atoms with Crippen LogP contribution in [-0.2, 0) is 16.1 Å². The number of hydrogen-bond acceptors (Lipinski definition) is 6. The molecule has 0 unspecified atom stereocenters. The zero-order chi connectivity index (χ0) is 20.8. The molecule has 2 aromatic rings. The summed E-state index contributed by atoms with van der Waals surface area (Å²) in [7, 11) is 0. The second-order valence-corrected chi connectivity index (χ2v) is 6.71. The van der Waals surface area contributed by atoms with Crippen molar-refractivity contribution in [3.63, 3.8) is 0 Å². The zero-order valence-corrected chi connectivity index (χ0v) is 16.4. The van der Waals surface area contributed by atoms with E-state index in [1.807, 2.05) is 27.7 Å². The lowest BCUT2D eigenvalue weighted by Gasteiger charge is -2.11. The van der Waals surface area contributed by atoms with Crippen molar-refractivity contribution < 1.29 is 19.1 Å². The quantitative estimate of drug-likeness (QED) is 0.721. The third-order valence-corrected chi connectivity index (χ3v) is 3.88. The normalized spacial score (nSPS) is 10.8. The Balaban J connectivity index is 2.10. The van der Waals surface area contributed by atoms with E-state index >= 15 is 0 Å². The second-order valence-electron chi connectivity index (χ2n) is 6.71. The maximum absolute atomic E-state index is 12.6. The molecule has 0 spiro atoms. The molecule has 0 aliphatic rings. The van der Waals surface area contributed by atoms with E-state index in [0.29, 0.717) is 24.1 Å². The highest BCUT2D eigenvalue weighted by molar-refractivity contribution is 5.97. The molecule has 2 heterocycles. The Morgan fingerprint density at radius 2 is 1.96 bits per heavy atom. The van der Waals surface area contributed by atoms with Gasteiger partial charge in [-0.1, -0.05) is 13.8 Å². The van der Waals surface area contributed by atoms with Crippen LogP contribution in [0.4, 0.5) is 4.79 Å². The molecule has 0 saturated carbocycles. The van der Waals surface area contributed by atoms with Crippen molar-refractivity contribution in [2.24, 2.45) is 5.92 Å². The summed E-state index contributed by atoms with van der Waals surface area (Å²) in [6.07, 6.45) is 1.37. The molecule has 2 N–H and O–H groups in total. The van der Waals surface area contributed by atoms with Crippen molar-refractivity contribution >= 4 is 28.9 Å². The Hall–Kier alpha value is -3.23. The summed E-state index contributed by atoms with van der Waals surface area (Å²) in [4.78, 5) is 52.6. The molecule has 9 nitrogen and oxygen atoms in total. The minimum Gasteiger partial charge on any atom is -0.452 e. The average molecular weight is 388 g/mol. The highest BCUT2D eigenvalue weighted by Gasteiger charge is 2.19. The number of nitrogens with one attached hydrogen (secondary N) is 2. The van der Waals surface area contributed by atoms with Gasteiger partial charge >= 0.3 is 12.0 Å². The number of nitrogens with zero attached hydrogens (tertiary/aromatic N) is 2. The van der Waals surface area contributed by atoms with Gasteiger partial charge in [0.25, 0.3) is 5.91 Å². The third-order valence-electron chi connectivity index (χ3n) is 3.88. The van der Waals surface area contributed by atoms with Crippen LogP contribution < -0.4 is 16.1 Å².